The summed E-state index contributed by atoms with van der Waals surface area (Å²) in [6, 6.07) is 1.41. The molecule has 18 heavy (non-hydrogen) atoms. The fourth-order valence-corrected chi connectivity index (χ4v) is 3.24. The van der Waals surface area contributed by atoms with Crippen molar-refractivity contribution in [3.8, 4) is 0 Å². The Morgan fingerprint density at radius 1 is 1.33 bits per heavy atom. The molecule has 3 heteroatoms. The molecule has 2 heterocycles. The molecular weight excluding hydrogens is 224 g/mol. The predicted octanol–water partition coefficient (Wildman–Crippen LogP) is 2.41. The Kier molecular flexibility index (Phi) is 5.93. The number of ether oxygens (including phenoxy) is 1. The molecule has 2 aliphatic heterocycles. The minimum atomic E-state index is 0.565. The highest BCUT2D eigenvalue weighted by atomic mass is 16.5. The van der Waals surface area contributed by atoms with E-state index in [1.165, 1.54) is 51.6 Å². The van der Waals surface area contributed by atoms with Crippen LogP contribution < -0.4 is 5.32 Å². The number of rotatable bonds is 6. The van der Waals surface area contributed by atoms with E-state index in [0.29, 0.717) is 18.2 Å². The molecule has 3 unspecified atom stereocenters. The predicted molar refractivity (Wildman–Crippen MR) is 75.9 cm³/mol. The lowest BCUT2D eigenvalue weighted by Gasteiger charge is -2.39. The van der Waals surface area contributed by atoms with Gasteiger partial charge < -0.3 is 10.1 Å². The Balaban J connectivity index is 1.65. The van der Waals surface area contributed by atoms with E-state index in [1.807, 2.05) is 0 Å². The molecule has 0 aromatic carbocycles. The Labute approximate surface area is 112 Å². The first-order valence-corrected chi connectivity index (χ1v) is 7.88. The Hall–Kier alpha value is -0.120. The SMILES string of the molecule is CCCC1CN(CCCC2CCCO2)C(C)CN1. The summed E-state index contributed by atoms with van der Waals surface area (Å²) in [6.45, 7) is 9.27. The van der Waals surface area contributed by atoms with Gasteiger partial charge in [-0.3, -0.25) is 4.90 Å². The number of piperazine rings is 1. The van der Waals surface area contributed by atoms with Gasteiger partial charge >= 0.3 is 0 Å². The number of nitrogens with one attached hydrogen (secondary N) is 1. The lowest BCUT2D eigenvalue weighted by atomic mass is 10.0. The maximum absolute atomic E-state index is 5.70. The quantitative estimate of drug-likeness (QED) is 0.788. The molecule has 0 saturated carbocycles. The van der Waals surface area contributed by atoms with Crippen LogP contribution in [0.5, 0.6) is 0 Å². The first-order valence-electron chi connectivity index (χ1n) is 7.88. The molecule has 2 fully saturated rings. The molecule has 3 nitrogen and oxygen atoms in total. The van der Waals surface area contributed by atoms with E-state index >= 15 is 0 Å². The van der Waals surface area contributed by atoms with E-state index in [1.54, 1.807) is 0 Å². The second kappa shape index (κ2) is 7.46. The third-order valence-electron chi connectivity index (χ3n) is 4.41. The van der Waals surface area contributed by atoms with Crippen LogP contribution in [0, 0.1) is 0 Å². The Bertz CT molecular complexity index is 229. The summed E-state index contributed by atoms with van der Waals surface area (Å²) in [6.07, 6.45) is 8.28. The van der Waals surface area contributed by atoms with Crippen molar-refractivity contribution in [3.05, 3.63) is 0 Å². The van der Waals surface area contributed by atoms with Crippen molar-refractivity contribution in [3.63, 3.8) is 0 Å². The fourth-order valence-electron chi connectivity index (χ4n) is 3.24. The van der Waals surface area contributed by atoms with Gasteiger partial charge in [-0.05, 0) is 45.6 Å². The van der Waals surface area contributed by atoms with Crippen molar-refractivity contribution < 1.29 is 4.74 Å². The molecule has 0 aromatic heterocycles. The third-order valence-corrected chi connectivity index (χ3v) is 4.41. The van der Waals surface area contributed by atoms with Gasteiger partial charge in [-0.2, -0.15) is 0 Å². The van der Waals surface area contributed by atoms with Gasteiger partial charge in [0.25, 0.3) is 0 Å². The van der Waals surface area contributed by atoms with E-state index in [-0.39, 0.29) is 0 Å². The highest BCUT2D eigenvalue weighted by Gasteiger charge is 2.24. The average Bonchev–Trinajstić information content (AvgIpc) is 2.86. The highest BCUT2D eigenvalue weighted by molar-refractivity contribution is 4.83. The van der Waals surface area contributed by atoms with Crippen LogP contribution in [0.4, 0.5) is 0 Å². The zero-order valence-corrected chi connectivity index (χ0v) is 12.2. The summed E-state index contributed by atoms with van der Waals surface area (Å²) in [5.41, 5.74) is 0. The first kappa shape index (κ1) is 14.3. The number of nitrogens with zero attached hydrogens (tertiary/aromatic N) is 1. The molecule has 0 bridgehead atoms. The molecule has 0 radical (unpaired) electrons. The van der Waals surface area contributed by atoms with Crippen molar-refractivity contribution in [1.29, 1.82) is 0 Å². The van der Waals surface area contributed by atoms with Gasteiger partial charge in [0.05, 0.1) is 6.10 Å². The highest BCUT2D eigenvalue weighted by Crippen LogP contribution is 2.18. The topological polar surface area (TPSA) is 24.5 Å². The molecule has 0 amide bonds. The summed E-state index contributed by atoms with van der Waals surface area (Å²) in [7, 11) is 0. The van der Waals surface area contributed by atoms with E-state index in [4.69, 9.17) is 4.74 Å². The number of hydrogen-bond acceptors (Lipinski definition) is 3. The van der Waals surface area contributed by atoms with E-state index in [0.717, 1.165) is 13.2 Å². The van der Waals surface area contributed by atoms with Crippen molar-refractivity contribution >= 4 is 0 Å². The van der Waals surface area contributed by atoms with Gasteiger partial charge in [0.1, 0.15) is 0 Å². The van der Waals surface area contributed by atoms with Crippen LogP contribution in [0.3, 0.4) is 0 Å². The van der Waals surface area contributed by atoms with Gasteiger partial charge in [-0.15, -0.1) is 0 Å². The van der Waals surface area contributed by atoms with Gasteiger partial charge in [0, 0.05) is 31.8 Å². The van der Waals surface area contributed by atoms with Gasteiger partial charge in [-0.25, -0.2) is 0 Å². The third kappa shape index (κ3) is 4.22. The minimum Gasteiger partial charge on any atom is -0.378 e. The van der Waals surface area contributed by atoms with Gasteiger partial charge in [0.2, 0.25) is 0 Å². The summed E-state index contributed by atoms with van der Waals surface area (Å²) in [4.78, 5) is 2.67. The van der Waals surface area contributed by atoms with Crippen LogP contribution in [0.1, 0.15) is 52.4 Å². The maximum Gasteiger partial charge on any atom is 0.0576 e. The monoisotopic (exact) mass is 254 g/mol. The first-order chi connectivity index (χ1) is 8.79. The standard InChI is InChI=1S/C15H30N2O/c1-3-6-14-12-17(13(2)11-16-14)9-4-7-15-8-5-10-18-15/h13-16H,3-12H2,1-2H3. The van der Waals surface area contributed by atoms with Crippen LogP contribution in [0.15, 0.2) is 0 Å². The summed E-state index contributed by atoms with van der Waals surface area (Å²) < 4.78 is 5.70. The lowest BCUT2D eigenvalue weighted by Crippen LogP contribution is -2.55. The van der Waals surface area contributed by atoms with E-state index < -0.39 is 0 Å². The molecular formula is C15H30N2O. The second-order valence-electron chi connectivity index (χ2n) is 6.02. The summed E-state index contributed by atoms with van der Waals surface area (Å²) >= 11 is 0. The minimum absolute atomic E-state index is 0.565. The maximum atomic E-state index is 5.70. The molecule has 106 valence electrons. The van der Waals surface area contributed by atoms with Crippen molar-refractivity contribution in [2.45, 2.75) is 70.6 Å². The zero-order chi connectivity index (χ0) is 12.8. The largest absolute Gasteiger partial charge is 0.378 e. The van der Waals surface area contributed by atoms with Crippen LogP contribution in [0.25, 0.3) is 0 Å². The fraction of sp³-hybridized carbons (Fsp3) is 1.00. The van der Waals surface area contributed by atoms with Gasteiger partial charge in [-0.1, -0.05) is 13.3 Å². The Morgan fingerprint density at radius 2 is 2.22 bits per heavy atom. The normalized spacial score (nSPS) is 34.0. The molecule has 2 aliphatic rings. The van der Waals surface area contributed by atoms with E-state index in [2.05, 4.69) is 24.1 Å². The summed E-state index contributed by atoms with van der Waals surface area (Å²) in [5.74, 6) is 0. The molecule has 0 aromatic rings. The molecule has 2 rings (SSSR count). The molecule has 3 atom stereocenters. The van der Waals surface area contributed by atoms with Crippen molar-refractivity contribution in [2.24, 2.45) is 0 Å². The van der Waals surface area contributed by atoms with Crippen LogP contribution in [-0.2, 0) is 4.74 Å². The van der Waals surface area contributed by atoms with Crippen molar-refractivity contribution in [1.82, 2.24) is 10.2 Å². The van der Waals surface area contributed by atoms with E-state index in [9.17, 15) is 0 Å². The molecule has 2 saturated heterocycles. The smallest absolute Gasteiger partial charge is 0.0576 e. The average molecular weight is 254 g/mol. The Morgan fingerprint density at radius 3 is 2.94 bits per heavy atom. The molecule has 0 aliphatic carbocycles. The summed E-state index contributed by atoms with van der Waals surface area (Å²) in [5, 5.41) is 3.66. The van der Waals surface area contributed by atoms with Gasteiger partial charge in [0.15, 0.2) is 0 Å². The van der Waals surface area contributed by atoms with Crippen LogP contribution in [0.2, 0.25) is 0 Å². The molecule has 1 N–H and O–H groups in total. The number of hydrogen-bond donors (Lipinski definition) is 1. The van der Waals surface area contributed by atoms with Crippen LogP contribution in [-0.4, -0.2) is 49.3 Å². The molecule has 0 spiro atoms. The zero-order valence-electron chi connectivity index (χ0n) is 12.2. The van der Waals surface area contributed by atoms with Crippen molar-refractivity contribution in [2.75, 3.05) is 26.2 Å². The lowest BCUT2D eigenvalue weighted by molar-refractivity contribution is 0.0897. The second-order valence-corrected chi connectivity index (χ2v) is 6.02. The van der Waals surface area contributed by atoms with Crippen LogP contribution >= 0.6 is 0 Å².